The molecule has 1 rings (SSSR count). The van der Waals surface area contributed by atoms with E-state index in [0.29, 0.717) is 4.83 Å². The second-order valence-corrected chi connectivity index (χ2v) is 3.14. The van der Waals surface area contributed by atoms with Crippen LogP contribution in [0.4, 0.5) is 0 Å². The van der Waals surface area contributed by atoms with Crippen molar-refractivity contribution in [1.29, 1.82) is 0 Å². The molecule has 0 aliphatic carbocycles. The van der Waals surface area contributed by atoms with Crippen molar-refractivity contribution in [2.75, 3.05) is 20.1 Å². The van der Waals surface area contributed by atoms with Crippen LogP contribution in [0.1, 0.15) is 0 Å². The molecule has 0 spiro atoms. The molecule has 7 heavy (non-hydrogen) atoms. The van der Waals surface area contributed by atoms with E-state index in [-0.39, 0.29) is 0 Å². The number of hydrogen-bond donors (Lipinski definition) is 1. The van der Waals surface area contributed by atoms with Gasteiger partial charge in [-0.1, -0.05) is 15.9 Å². The molecule has 1 unspecified atom stereocenters. The van der Waals surface area contributed by atoms with Crippen LogP contribution >= 0.6 is 15.9 Å². The molecule has 3 heteroatoms. The number of rotatable bonds is 0. The fraction of sp³-hybridized carbons (Fsp3) is 1.00. The van der Waals surface area contributed by atoms with E-state index in [1.807, 2.05) is 7.05 Å². The van der Waals surface area contributed by atoms with Gasteiger partial charge in [0.15, 0.2) is 0 Å². The van der Waals surface area contributed by atoms with Crippen LogP contribution in [0.2, 0.25) is 0 Å². The SMILES string of the molecule is CN1CC(Br)CN1. The topological polar surface area (TPSA) is 15.3 Å². The first-order chi connectivity index (χ1) is 3.29. The molecule has 1 saturated heterocycles. The Balaban J connectivity index is 2.26. The fourth-order valence-corrected chi connectivity index (χ4v) is 1.26. The first-order valence-corrected chi connectivity index (χ1v) is 3.29. The van der Waals surface area contributed by atoms with Gasteiger partial charge in [0.2, 0.25) is 0 Å². The van der Waals surface area contributed by atoms with Crippen molar-refractivity contribution in [3.05, 3.63) is 0 Å². The van der Waals surface area contributed by atoms with Crippen molar-refractivity contribution >= 4 is 15.9 Å². The van der Waals surface area contributed by atoms with Gasteiger partial charge in [-0.15, -0.1) is 0 Å². The van der Waals surface area contributed by atoms with Gasteiger partial charge in [0.1, 0.15) is 0 Å². The average Bonchev–Trinajstić information content (AvgIpc) is 1.87. The summed E-state index contributed by atoms with van der Waals surface area (Å²) in [5, 5.41) is 2.08. The van der Waals surface area contributed by atoms with Gasteiger partial charge in [-0.05, 0) is 0 Å². The standard InChI is InChI=1S/C4H9BrN2/c1-7-3-4(5)2-6-7/h4,6H,2-3H2,1H3. The minimum absolute atomic E-state index is 0.650. The maximum absolute atomic E-state index is 3.47. The van der Waals surface area contributed by atoms with Gasteiger partial charge in [0.25, 0.3) is 0 Å². The third kappa shape index (κ3) is 1.40. The van der Waals surface area contributed by atoms with E-state index < -0.39 is 0 Å². The van der Waals surface area contributed by atoms with Crippen molar-refractivity contribution < 1.29 is 0 Å². The monoisotopic (exact) mass is 164 g/mol. The zero-order valence-electron chi connectivity index (χ0n) is 4.32. The zero-order valence-corrected chi connectivity index (χ0v) is 5.90. The molecule has 1 atom stereocenters. The summed E-state index contributed by atoms with van der Waals surface area (Å²) in [6, 6.07) is 0. The number of alkyl halides is 1. The molecule has 0 aromatic heterocycles. The molecule has 42 valence electrons. The number of hydrazine groups is 1. The van der Waals surface area contributed by atoms with Crippen LogP contribution in [0, 0.1) is 0 Å². The highest BCUT2D eigenvalue weighted by Gasteiger charge is 2.14. The van der Waals surface area contributed by atoms with Crippen molar-refractivity contribution in [2.45, 2.75) is 4.83 Å². The van der Waals surface area contributed by atoms with E-state index in [0.717, 1.165) is 13.1 Å². The predicted octanol–water partition coefficient (Wildman–Crippen LogP) is 0.200. The molecule has 2 nitrogen and oxygen atoms in total. The molecule has 0 radical (unpaired) electrons. The summed E-state index contributed by atoms with van der Waals surface area (Å²) in [4.78, 5) is 0.650. The summed E-state index contributed by atoms with van der Waals surface area (Å²) in [6.45, 7) is 2.18. The number of nitrogens with one attached hydrogen (secondary N) is 1. The summed E-state index contributed by atoms with van der Waals surface area (Å²) in [6.07, 6.45) is 0. The van der Waals surface area contributed by atoms with E-state index >= 15 is 0 Å². The highest BCUT2D eigenvalue weighted by atomic mass is 79.9. The van der Waals surface area contributed by atoms with Crippen LogP contribution in [0.5, 0.6) is 0 Å². The molecule has 1 fully saturated rings. The van der Waals surface area contributed by atoms with Crippen molar-refractivity contribution in [3.8, 4) is 0 Å². The van der Waals surface area contributed by atoms with Crippen LogP contribution < -0.4 is 5.43 Å². The van der Waals surface area contributed by atoms with E-state index in [2.05, 4.69) is 26.4 Å². The maximum atomic E-state index is 3.47. The Labute approximate surface area is 52.0 Å². The van der Waals surface area contributed by atoms with Crippen molar-refractivity contribution in [3.63, 3.8) is 0 Å². The lowest BCUT2D eigenvalue weighted by molar-refractivity contribution is 0.316. The lowest BCUT2D eigenvalue weighted by Gasteiger charge is -2.03. The first kappa shape index (κ1) is 5.54. The Kier molecular flexibility index (Phi) is 1.67. The normalized spacial score (nSPS) is 34.3. The predicted molar refractivity (Wildman–Crippen MR) is 33.3 cm³/mol. The summed E-state index contributed by atoms with van der Waals surface area (Å²) in [7, 11) is 2.04. The van der Waals surface area contributed by atoms with Crippen LogP contribution in [-0.2, 0) is 0 Å². The van der Waals surface area contributed by atoms with Crippen LogP contribution in [-0.4, -0.2) is 30.0 Å². The summed E-state index contributed by atoms with van der Waals surface area (Å²) < 4.78 is 0. The molecule has 0 bridgehead atoms. The Morgan fingerprint density at radius 1 is 1.86 bits per heavy atom. The zero-order chi connectivity index (χ0) is 5.28. The minimum Gasteiger partial charge on any atom is -0.254 e. The second kappa shape index (κ2) is 2.11. The summed E-state index contributed by atoms with van der Waals surface area (Å²) in [5.74, 6) is 0. The Morgan fingerprint density at radius 3 is 2.71 bits per heavy atom. The van der Waals surface area contributed by atoms with Gasteiger partial charge in [-0.2, -0.15) is 0 Å². The van der Waals surface area contributed by atoms with E-state index in [9.17, 15) is 0 Å². The largest absolute Gasteiger partial charge is 0.254 e. The molecule has 0 aromatic rings. The van der Waals surface area contributed by atoms with E-state index in [1.54, 1.807) is 0 Å². The highest BCUT2D eigenvalue weighted by molar-refractivity contribution is 9.09. The van der Waals surface area contributed by atoms with Crippen molar-refractivity contribution in [1.82, 2.24) is 10.4 Å². The third-order valence-electron chi connectivity index (χ3n) is 1.05. The summed E-state index contributed by atoms with van der Waals surface area (Å²) in [5.41, 5.74) is 3.16. The van der Waals surface area contributed by atoms with Gasteiger partial charge >= 0.3 is 0 Å². The summed E-state index contributed by atoms with van der Waals surface area (Å²) >= 11 is 3.47. The lowest BCUT2D eigenvalue weighted by atomic mass is 10.5. The van der Waals surface area contributed by atoms with Crippen molar-refractivity contribution in [2.24, 2.45) is 0 Å². The quantitative estimate of drug-likeness (QED) is 0.516. The molecule has 0 amide bonds. The number of nitrogens with zero attached hydrogens (tertiary/aromatic N) is 1. The lowest BCUT2D eigenvalue weighted by Crippen LogP contribution is -2.25. The number of halogens is 1. The average molecular weight is 165 g/mol. The van der Waals surface area contributed by atoms with Gasteiger partial charge < -0.3 is 0 Å². The molecular formula is C4H9BrN2. The maximum Gasteiger partial charge on any atom is 0.0425 e. The molecule has 1 heterocycles. The van der Waals surface area contributed by atoms with Gasteiger partial charge in [-0.3, -0.25) is 5.43 Å². The molecule has 1 aliphatic rings. The molecule has 0 aromatic carbocycles. The smallest absolute Gasteiger partial charge is 0.0425 e. The van der Waals surface area contributed by atoms with Gasteiger partial charge in [0.05, 0.1) is 0 Å². The molecular weight excluding hydrogens is 156 g/mol. The Bertz CT molecular complexity index is 58.7. The highest BCUT2D eigenvalue weighted by Crippen LogP contribution is 2.03. The Hall–Kier alpha value is 0.400. The van der Waals surface area contributed by atoms with Crippen LogP contribution in [0.3, 0.4) is 0 Å². The first-order valence-electron chi connectivity index (χ1n) is 2.38. The number of hydrogen-bond acceptors (Lipinski definition) is 2. The van der Waals surface area contributed by atoms with Gasteiger partial charge in [0, 0.05) is 25.0 Å². The van der Waals surface area contributed by atoms with E-state index in [4.69, 9.17) is 0 Å². The van der Waals surface area contributed by atoms with Gasteiger partial charge in [-0.25, -0.2) is 5.01 Å². The third-order valence-corrected chi connectivity index (χ3v) is 1.67. The van der Waals surface area contributed by atoms with Crippen LogP contribution in [0.15, 0.2) is 0 Å². The molecule has 1 N–H and O–H groups in total. The van der Waals surface area contributed by atoms with E-state index in [1.165, 1.54) is 0 Å². The Morgan fingerprint density at radius 2 is 2.57 bits per heavy atom. The molecule has 1 aliphatic heterocycles. The second-order valence-electron chi connectivity index (χ2n) is 1.84. The van der Waals surface area contributed by atoms with Crippen LogP contribution in [0.25, 0.3) is 0 Å². The fourth-order valence-electron chi connectivity index (χ4n) is 0.681. The minimum atomic E-state index is 0.650. The molecule has 0 saturated carbocycles.